The van der Waals surface area contributed by atoms with Crippen LogP contribution < -0.4 is 0 Å². The van der Waals surface area contributed by atoms with E-state index in [1.54, 1.807) is 0 Å². The molecule has 1 fully saturated rings. The Morgan fingerprint density at radius 1 is 1.39 bits per heavy atom. The molecule has 2 nitrogen and oxygen atoms in total. The maximum absolute atomic E-state index is 6.27. The highest BCUT2D eigenvalue weighted by molar-refractivity contribution is 6.35. The second-order valence-corrected chi connectivity index (χ2v) is 6.36. The topological polar surface area (TPSA) is 17.8 Å². The highest BCUT2D eigenvalue weighted by Gasteiger charge is 2.31. The van der Waals surface area contributed by atoms with E-state index in [9.17, 15) is 0 Å². The molecular formula is C14H16Cl2N2. The van der Waals surface area contributed by atoms with Gasteiger partial charge in [0, 0.05) is 6.04 Å². The van der Waals surface area contributed by atoms with Gasteiger partial charge in [-0.15, -0.1) is 11.6 Å². The molecule has 0 saturated heterocycles. The molecule has 1 heterocycles. The summed E-state index contributed by atoms with van der Waals surface area (Å²) in [6.07, 6.45) is 2.41. The first kappa shape index (κ1) is 12.3. The molecular weight excluding hydrogens is 267 g/mol. The van der Waals surface area contributed by atoms with E-state index in [-0.39, 0.29) is 5.38 Å². The molecule has 18 heavy (non-hydrogen) atoms. The molecule has 1 aliphatic rings. The van der Waals surface area contributed by atoms with Gasteiger partial charge in [0.05, 0.1) is 15.9 Å². The fraction of sp³-hybridized carbons (Fsp3) is 0.500. The fourth-order valence-electron chi connectivity index (χ4n) is 2.84. The van der Waals surface area contributed by atoms with E-state index in [4.69, 9.17) is 23.2 Å². The molecule has 4 heteroatoms. The first-order valence-corrected chi connectivity index (χ1v) is 7.19. The summed E-state index contributed by atoms with van der Waals surface area (Å²) in [5, 5.41) is 0.613. The summed E-state index contributed by atoms with van der Waals surface area (Å²) in [6.45, 7) is 4.25. The molecule has 96 valence electrons. The minimum absolute atomic E-state index is 0.0932. The average Bonchev–Trinajstić information content (AvgIpc) is 2.65. The zero-order valence-corrected chi connectivity index (χ0v) is 12.0. The molecule has 3 rings (SSSR count). The van der Waals surface area contributed by atoms with Gasteiger partial charge in [0.25, 0.3) is 0 Å². The SMILES string of the molecule is CC1CC(n2c(C(C)Cl)nc3c(Cl)cccc32)C1. The Balaban J connectivity index is 2.19. The van der Waals surface area contributed by atoms with Gasteiger partial charge in [0.1, 0.15) is 11.3 Å². The number of hydrogen-bond acceptors (Lipinski definition) is 1. The minimum atomic E-state index is -0.0932. The van der Waals surface area contributed by atoms with Gasteiger partial charge >= 0.3 is 0 Å². The molecule has 1 atom stereocenters. The molecule has 1 saturated carbocycles. The van der Waals surface area contributed by atoms with Crippen LogP contribution >= 0.6 is 23.2 Å². The predicted molar refractivity (Wildman–Crippen MR) is 76.4 cm³/mol. The number of alkyl halides is 1. The molecule has 1 aliphatic carbocycles. The van der Waals surface area contributed by atoms with Crippen LogP contribution in [0.3, 0.4) is 0 Å². The Bertz CT molecular complexity index is 583. The lowest BCUT2D eigenvalue weighted by atomic mass is 9.81. The normalized spacial score (nSPS) is 25.1. The van der Waals surface area contributed by atoms with Crippen LogP contribution in [0.15, 0.2) is 18.2 Å². The Labute approximate surface area is 117 Å². The molecule has 2 aromatic rings. The van der Waals surface area contributed by atoms with E-state index in [1.807, 2.05) is 19.1 Å². The zero-order valence-electron chi connectivity index (χ0n) is 10.5. The van der Waals surface area contributed by atoms with Gasteiger partial charge in [-0.1, -0.05) is 24.6 Å². The summed E-state index contributed by atoms with van der Waals surface area (Å²) in [5.74, 6) is 1.74. The van der Waals surface area contributed by atoms with Crippen LogP contribution in [-0.4, -0.2) is 9.55 Å². The number of halogens is 2. The van der Waals surface area contributed by atoms with Crippen LogP contribution in [-0.2, 0) is 0 Å². The maximum atomic E-state index is 6.27. The summed E-state index contributed by atoms with van der Waals surface area (Å²) < 4.78 is 2.29. The first-order chi connectivity index (χ1) is 8.58. The second-order valence-electron chi connectivity index (χ2n) is 5.29. The standard InChI is InChI=1S/C14H16Cl2N2/c1-8-6-10(7-8)18-12-5-3-4-11(16)13(12)17-14(18)9(2)15/h3-5,8-10H,6-7H2,1-2H3. The van der Waals surface area contributed by atoms with Crippen molar-refractivity contribution in [3.8, 4) is 0 Å². The number of nitrogens with zero attached hydrogens (tertiary/aromatic N) is 2. The summed E-state index contributed by atoms with van der Waals surface area (Å²) in [5.41, 5.74) is 1.99. The number of rotatable bonds is 2. The van der Waals surface area contributed by atoms with Crippen LogP contribution in [0.2, 0.25) is 5.02 Å². The lowest BCUT2D eigenvalue weighted by Crippen LogP contribution is -2.26. The van der Waals surface area contributed by atoms with E-state index in [0.717, 1.165) is 22.8 Å². The molecule has 1 aromatic carbocycles. The van der Waals surface area contributed by atoms with E-state index < -0.39 is 0 Å². The third-order valence-corrected chi connectivity index (χ3v) is 4.27. The summed E-state index contributed by atoms with van der Waals surface area (Å²) >= 11 is 12.5. The number of benzene rings is 1. The monoisotopic (exact) mass is 282 g/mol. The smallest absolute Gasteiger partial charge is 0.128 e. The van der Waals surface area contributed by atoms with Crippen molar-refractivity contribution >= 4 is 34.2 Å². The third kappa shape index (κ3) is 1.83. The fourth-order valence-corrected chi connectivity index (χ4v) is 3.20. The van der Waals surface area contributed by atoms with E-state index in [0.29, 0.717) is 11.1 Å². The van der Waals surface area contributed by atoms with E-state index in [1.165, 1.54) is 12.8 Å². The first-order valence-electron chi connectivity index (χ1n) is 6.38. The molecule has 1 aromatic heterocycles. The molecule has 0 amide bonds. The van der Waals surface area contributed by atoms with Crippen molar-refractivity contribution < 1.29 is 0 Å². The zero-order chi connectivity index (χ0) is 12.9. The molecule has 0 N–H and O–H groups in total. The molecule has 1 unspecified atom stereocenters. The van der Waals surface area contributed by atoms with Crippen molar-refractivity contribution in [1.82, 2.24) is 9.55 Å². The van der Waals surface area contributed by atoms with Gasteiger partial charge in [-0.3, -0.25) is 0 Å². The van der Waals surface area contributed by atoms with Gasteiger partial charge in [-0.2, -0.15) is 0 Å². The van der Waals surface area contributed by atoms with Gasteiger partial charge < -0.3 is 4.57 Å². The Morgan fingerprint density at radius 2 is 2.11 bits per heavy atom. The predicted octanol–water partition coefficient (Wildman–Crippen LogP) is 4.96. The van der Waals surface area contributed by atoms with Crippen LogP contribution in [0, 0.1) is 5.92 Å². The summed E-state index contributed by atoms with van der Waals surface area (Å²) in [4.78, 5) is 4.64. The van der Waals surface area contributed by atoms with Gasteiger partial charge in [-0.05, 0) is 37.8 Å². The molecule has 0 spiro atoms. The van der Waals surface area contributed by atoms with Crippen LogP contribution in [0.1, 0.15) is 43.9 Å². The third-order valence-electron chi connectivity index (χ3n) is 3.77. The highest BCUT2D eigenvalue weighted by atomic mass is 35.5. The molecule has 0 aliphatic heterocycles. The number of imidazole rings is 1. The van der Waals surface area contributed by atoms with Gasteiger partial charge in [0.15, 0.2) is 0 Å². The lowest BCUT2D eigenvalue weighted by molar-refractivity contribution is 0.216. The second kappa shape index (κ2) is 4.43. The Morgan fingerprint density at radius 3 is 2.72 bits per heavy atom. The lowest BCUT2D eigenvalue weighted by Gasteiger charge is -2.35. The number of fused-ring (bicyclic) bond motifs is 1. The van der Waals surface area contributed by atoms with E-state index >= 15 is 0 Å². The number of aromatic nitrogens is 2. The van der Waals surface area contributed by atoms with Gasteiger partial charge in [0.2, 0.25) is 0 Å². The quantitative estimate of drug-likeness (QED) is 0.712. The van der Waals surface area contributed by atoms with Crippen LogP contribution in [0.25, 0.3) is 11.0 Å². The maximum Gasteiger partial charge on any atom is 0.128 e. The summed E-state index contributed by atoms with van der Waals surface area (Å²) in [7, 11) is 0. The largest absolute Gasteiger partial charge is 0.324 e. The van der Waals surface area contributed by atoms with Crippen LogP contribution in [0.4, 0.5) is 0 Å². The Kier molecular flexibility index (Phi) is 3.03. The van der Waals surface area contributed by atoms with Crippen molar-refractivity contribution in [2.75, 3.05) is 0 Å². The number of hydrogen-bond donors (Lipinski definition) is 0. The molecule has 0 bridgehead atoms. The van der Waals surface area contributed by atoms with Gasteiger partial charge in [-0.25, -0.2) is 4.98 Å². The van der Waals surface area contributed by atoms with Crippen molar-refractivity contribution in [3.05, 3.63) is 29.0 Å². The van der Waals surface area contributed by atoms with Crippen molar-refractivity contribution in [2.24, 2.45) is 5.92 Å². The van der Waals surface area contributed by atoms with Crippen molar-refractivity contribution in [3.63, 3.8) is 0 Å². The van der Waals surface area contributed by atoms with Crippen molar-refractivity contribution in [2.45, 2.75) is 38.1 Å². The number of para-hydroxylation sites is 1. The molecule has 0 radical (unpaired) electrons. The Hall–Kier alpha value is -0.730. The van der Waals surface area contributed by atoms with E-state index in [2.05, 4.69) is 22.5 Å². The minimum Gasteiger partial charge on any atom is -0.324 e. The average molecular weight is 283 g/mol. The highest BCUT2D eigenvalue weighted by Crippen LogP contribution is 2.42. The summed E-state index contributed by atoms with van der Waals surface area (Å²) in [6, 6.07) is 6.47. The van der Waals surface area contributed by atoms with Crippen molar-refractivity contribution in [1.29, 1.82) is 0 Å². The van der Waals surface area contributed by atoms with Crippen LogP contribution in [0.5, 0.6) is 0 Å².